The van der Waals surface area contributed by atoms with E-state index in [2.05, 4.69) is 195 Å². The molecule has 0 aliphatic carbocycles. The molecular weight excluding hydrogens is 787 g/mol. The summed E-state index contributed by atoms with van der Waals surface area (Å²) in [4.78, 5) is 15.8. The highest BCUT2D eigenvalue weighted by Gasteiger charge is 2.24. The van der Waals surface area contributed by atoms with Gasteiger partial charge in [0.05, 0.1) is 33.3 Å². The van der Waals surface area contributed by atoms with E-state index in [0.717, 1.165) is 71.6 Å². The van der Waals surface area contributed by atoms with Gasteiger partial charge in [-0.25, -0.2) is 4.98 Å². The van der Waals surface area contributed by atoms with Crippen LogP contribution >= 0.6 is 11.3 Å². The molecule has 0 aliphatic heterocycles. The van der Waals surface area contributed by atoms with E-state index in [1.54, 1.807) is 11.3 Å². The number of pyridine rings is 3. The maximum Gasteiger partial charge on any atom is 0.0803 e. The number of benzene rings is 7. The Morgan fingerprint density at radius 2 is 0.889 bits per heavy atom. The molecule has 0 atom stereocenters. The van der Waals surface area contributed by atoms with Gasteiger partial charge in [0, 0.05) is 100 Å². The first-order chi connectivity index (χ1) is 31.3. The van der Waals surface area contributed by atoms with Crippen LogP contribution in [0.1, 0.15) is 0 Å². The van der Waals surface area contributed by atoms with Crippen LogP contribution in [0.15, 0.2) is 213 Å². The molecule has 13 aromatic rings. The Morgan fingerprint density at radius 3 is 1.43 bits per heavy atom. The van der Waals surface area contributed by atoms with Gasteiger partial charge in [0.1, 0.15) is 0 Å². The zero-order valence-electron chi connectivity index (χ0n) is 33.9. The van der Waals surface area contributed by atoms with Crippen LogP contribution in [0.3, 0.4) is 0 Å². The third-order valence-electron chi connectivity index (χ3n) is 12.5. The fourth-order valence-corrected chi connectivity index (χ4v) is 11.1. The highest BCUT2D eigenvalue weighted by atomic mass is 32.1. The second kappa shape index (κ2) is 14.2. The minimum absolute atomic E-state index is 0.947. The Labute approximate surface area is 366 Å². The van der Waals surface area contributed by atoms with Crippen LogP contribution in [0.25, 0.3) is 120 Å². The van der Waals surface area contributed by atoms with Gasteiger partial charge in [0.25, 0.3) is 0 Å². The lowest BCUT2D eigenvalue weighted by Crippen LogP contribution is -2.00. The summed E-state index contributed by atoms with van der Waals surface area (Å²) in [6.45, 7) is 0. The van der Waals surface area contributed by atoms with Crippen molar-refractivity contribution in [3.8, 4) is 55.3 Å². The summed E-state index contributed by atoms with van der Waals surface area (Å²) < 4.78 is 6.04. The first kappa shape index (κ1) is 35.6. The zero-order valence-corrected chi connectivity index (χ0v) is 34.7. The molecule has 13 rings (SSSR count). The first-order valence-electron chi connectivity index (χ1n) is 21.2. The quantitative estimate of drug-likeness (QED) is 0.168. The molecule has 0 spiro atoms. The molecule has 6 aromatic heterocycles. The Bertz CT molecular complexity index is 3660. The fourth-order valence-electron chi connectivity index (χ4n) is 9.73. The number of fused-ring (bicyclic) bond motifs is 9. The summed E-state index contributed by atoms with van der Waals surface area (Å²) in [6.07, 6.45) is 7.60. The van der Waals surface area contributed by atoms with Crippen LogP contribution < -0.4 is 0 Å². The smallest absolute Gasteiger partial charge is 0.0803 e. The van der Waals surface area contributed by atoms with Crippen LogP contribution in [0, 0.1) is 0 Å². The summed E-state index contributed by atoms with van der Waals surface area (Å²) >= 11 is 1.81. The van der Waals surface area contributed by atoms with Crippen LogP contribution in [-0.2, 0) is 0 Å². The van der Waals surface area contributed by atoms with E-state index in [1.807, 2.05) is 36.9 Å². The highest BCUT2D eigenvalue weighted by Crippen LogP contribution is 2.50. The van der Waals surface area contributed by atoms with Crippen molar-refractivity contribution in [1.82, 2.24) is 24.1 Å². The maximum atomic E-state index is 5.52. The summed E-state index contributed by atoms with van der Waals surface area (Å²) in [5.74, 6) is 0. The molecule has 63 heavy (non-hydrogen) atoms. The topological polar surface area (TPSA) is 48.5 Å². The molecule has 0 unspecified atom stereocenters. The highest BCUT2D eigenvalue weighted by molar-refractivity contribution is 7.24. The van der Waals surface area contributed by atoms with Gasteiger partial charge in [-0.3, -0.25) is 9.97 Å². The van der Waals surface area contributed by atoms with Crippen molar-refractivity contribution in [2.24, 2.45) is 0 Å². The van der Waals surface area contributed by atoms with Gasteiger partial charge < -0.3 is 9.13 Å². The van der Waals surface area contributed by atoms with E-state index < -0.39 is 0 Å². The zero-order chi connectivity index (χ0) is 41.4. The second-order valence-corrected chi connectivity index (χ2v) is 17.1. The third kappa shape index (κ3) is 5.59. The number of hydrogen-bond donors (Lipinski definition) is 0. The molecule has 294 valence electrons. The molecule has 5 nitrogen and oxygen atoms in total. The molecule has 0 radical (unpaired) electrons. The van der Waals surface area contributed by atoms with Gasteiger partial charge in [-0.05, 0) is 77.9 Å². The van der Waals surface area contributed by atoms with Crippen LogP contribution in [0.4, 0.5) is 0 Å². The molecule has 0 amide bonds. The number of aromatic nitrogens is 5. The van der Waals surface area contributed by atoms with Gasteiger partial charge in [-0.15, -0.1) is 11.3 Å². The minimum atomic E-state index is 0.947. The van der Waals surface area contributed by atoms with Gasteiger partial charge in [0.2, 0.25) is 0 Å². The summed E-state index contributed by atoms with van der Waals surface area (Å²) in [7, 11) is 0. The van der Waals surface area contributed by atoms with Crippen molar-refractivity contribution >= 4 is 75.9 Å². The van der Waals surface area contributed by atoms with Gasteiger partial charge >= 0.3 is 0 Å². The van der Waals surface area contributed by atoms with Crippen molar-refractivity contribution in [3.63, 3.8) is 0 Å². The predicted molar refractivity (Wildman–Crippen MR) is 263 cm³/mol. The van der Waals surface area contributed by atoms with Gasteiger partial charge in [0.15, 0.2) is 0 Å². The number of rotatable bonds is 6. The monoisotopic (exact) mass is 821 g/mol. The van der Waals surface area contributed by atoms with Crippen molar-refractivity contribution in [2.75, 3.05) is 0 Å². The average molecular weight is 822 g/mol. The summed E-state index contributed by atoms with van der Waals surface area (Å²) in [6, 6.07) is 67.8. The van der Waals surface area contributed by atoms with E-state index in [9.17, 15) is 0 Å². The van der Waals surface area contributed by atoms with Gasteiger partial charge in [-0.2, -0.15) is 0 Å². The molecule has 6 heteroatoms. The lowest BCUT2D eigenvalue weighted by atomic mass is 9.95. The molecule has 0 N–H and O–H groups in total. The Kier molecular flexibility index (Phi) is 8.01. The SMILES string of the molecule is c1ccc(-c2nc3ccc(-c4cc(-n5c6ccccc6c6ccccc65)cc(-n5c6ccccc6c6ccccc65)c4)cc3c3sc(-c4cccnc4)c(-c4cccnc4)c23)cc1. The summed E-state index contributed by atoms with van der Waals surface area (Å²) in [5, 5.41) is 7.16. The van der Waals surface area contributed by atoms with E-state index in [0.29, 0.717) is 0 Å². The van der Waals surface area contributed by atoms with E-state index in [4.69, 9.17) is 4.98 Å². The lowest BCUT2D eigenvalue weighted by molar-refractivity contribution is 1.13. The molecule has 0 bridgehead atoms. The van der Waals surface area contributed by atoms with E-state index >= 15 is 0 Å². The number of nitrogens with zero attached hydrogens (tertiary/aromatic N) is 5. The second-order valence-electron chi connectivity index (χ2n) is 16.0. The minimum Gasteiger partial charge on any atom is -0.309 e. The lowest BCUT2D eigenvalue weighted by Gasteiger charge is -2.16. The van der Waals surface area contributed by atoms with Crippen molar-refractivity contribution in [3.05, 3.63) is 213 Å². The van der Waals surface area contributed by atoms with E-state index in [-0.39, 0.29) is 0 Å². The molecule has 0 fully saturated rings. The Hall–Kier alpha value is -8.19. The molecule has 0 saturated carbocycles. The van der Waals surface area contributed by atoms with Crippen molar-refractivity contribution in [2.45, 2.75) is 0 Å². The van der Waals surface area contributed by atoms with Gasteiger partial charge in [-0.1, -0.05) is 121 Å². The number of thiophene rings is 1. The predicted octanol–water partition coefficient (Wildman–Crippen LogP) is 15.1. The normalized spacial score (nSPS) is 11.8. The molecule has 0 saturated heterocycles. The molecular formula is C57H35N5S. The van der Waals surface area contributed by atoms with Crippen molar-refractivity contribution in [1.29, 1.82) is 0 Å². The van der Waals surface area contributed by atoms with Crippen LogP contribution in [-0.4, -0.2) is 24.1 Å². The Morgan fingerprint density at radius 1 is 0.381 bits per heavy atom. The van der Waals surface area contributed by atoms with Crippen molar-refractivity contribution < 1.29 is 0 Å². The maximum absolute atomic E-state index is 5.52. The summed E-state index contributed by atoms with van der Waals surface area (Å²) in [5.41, 5.74) is 15.3. The number of hydrogen-bond acceptors (Lipinski definition) is 4. The largest absolute Gasteiger partial charge is 0.309 e. The standard InChI is InChI=1S/C57H35N5S/c1-2-14-36(15-3-1)55-54-53(38-16-12-28-58-34-38)56(39-17-13-29-59-35-39)63-57(54)47-32-37(26-27-48(47)60-55)40-30-41(61-49-22-8-4-18-43(49)44-19-5-9-23-50(44)61)33-42(31-40)62-51-24-10-6-20-45(51)46-21-7-11-25-52(46)62/h1-35H. The fraction of sp³-hybridized carbons (Fsp3) is 0. The van der Waals surface area contributed by atoms with Crippen LogP contribution in [0.2, 0.25) is 0 Å². The molecule has 6 heterocycles. The van der Waals surface area contributed by atoms with Crippen LogP contribution in [0.5, 0.6) is 0 Å². The molecule has 7 aromatic carbocycles. The van der Waals surface area contributed by atoms with E-state index in [1.165, 1.54) is 48.3 Å². The average Bonchev–Trinajstić information content (AvgIpc) is 4.03. The Balaban J connectivity index is 1.13. The first-order valence-corrected chi connectivity index (χ1v) is 22.0. The number of para-hydroxylation sites is 4. The molecule has 0 aliphatic rings. The third-order valence-corrected chi connectivity index (χ3v) is 13.7.